The van der Waals surface area contributed by atoms with Gasteiger partial charge in [-0.15, -0.1) is 0 Å². The second kappa shape index (κ2) is 7.05. The zero-order valence-corrected chi connectivity index (χ0v) is 16.7. The second-order valence-corrected chi connectivity index (χ2v) is 9.38. The zero-order valence-electron chi connectivity index (χ0n) is 15.9. The molecule has 0 unspecified atom stereocenters. The average molecular weight is 398 g/mol. The van der Waals surface area contributed by atoms with E-state index in [0.29, 0.717) is 23.9 Å². The smallest absolute Gasteiger partial charge is 0.233 e. The molecule has 6 nitrogen and oxygen atoms in total. The van der Waals surface area contributed by atoms with E-state index in [0.717, 1.165) is 31.1 Å². The topological polar surface area (TPSA) is 82.3 Å². The highest BCUT2D eigenvalue weighted by Crippen LogP contribution is 2.49. The molecule has 0 aliphatic heterocycles. The predicted molar refractivity (Wildman–Crippen MR) is 104 cm³/mol. The Hall–Kier alpha value is -2.67. The molecule has 0 radical (unpaired) electrons. The van der Waals surface area contributed by atoms with Gasteiger partial charge in [-0.25, -0.2) is 8.42 Å². The van der Waals surface area contributed by atoms with E-state index in [2.05, 4.69) is 22.3 Å². The minimum absolute atomic E-state index is 0.0512. The van der Waals surface area contributed by atoms with Crippen molar-refractivity contribution >= 4 is 9.84 Å². The summed E-state index contributed by atoms with van der Waals surface area (Å²) in [5.41, 5.74) is 2.08. The van der Waals surface area contributed by atoms with E-state index < -0.39 is 9.84 Å². The van der Waals surface area contributed by atoms with Crippen LogP contribution in [0.1, 0.15) is 35.7 Å². The lowest BCUT2D eigenvalue weighted by molar-refractivity contribution is 0.340. The maximum Gasteiger partial charge on any atom is 0.233 e. The molecule has 1 aromatic heterocycles. The van der Waals surface area contributed by atoms with E-state index in [1.165, 1.54) is 12.7 Å². The van der Waals surface area contributed by atoms with E-state index in [9.17, 15) is 8.42 Å². The van der Waals surface area contributed by atoms with Crippen molar-refractivity contribution in [3.63, 3.8) is 0 Å². The van der Waals surface area contributed by atoms with E-state index in [1.807, 2.05) is 18.2 Å². The van der Waals surface area contributed by atoms with Gasteiger partial charge >= 0.3 is 0 Å². The molecule has 146 valence electrons. The van der Waals surface area contributed by atoms with Crippen LogP contribution < -0.4 is 4.74 Å². The SMILES string of the molecule is COc1cc(Cc2noc(C3(Cc4ccccc4)CC3)n2)ccc1S(C)(=O)=O. The first kappa shape index (κ1) is 18.7. The minimum atomic E-state index is -3.35. The molecule has 0 bridgehead atoms. The standard InChI is InChI=1S/C21H22N2O4S/c1-26-17-12-16(8-9-18(17)28(2,24)25)13-19-22-20(27-23-19)21(10-11-21)14-15-6-4-3-5-7-15/h3-9,12H,10-11,13-14H2,1-2H3. The maximum atomic E-state index is 11.8. The number of methoxy groups -OCH3 is 1. The largest absolute Gasteiger partial charge is 0.495 e. The number of aromatic nitrogens is 2. The van der Waals surface area contributed by atoms with Crippen LogP contribution in [0.5, 0.6) is 5.75 Å². The third-order valence-corrected chi connectivity index (χ3v) is 6.29. The molecule has 3 aromatic rings. The van der Waals surface area contributed by atoms with Crippen LogP contribution in [0.15, 0.2) is 57.9 Å². The van der Waals surface area contributed by atoms with Crippen molar-refractivity contribution in [2.24, 2.45) is 0 Å². The Morgan fingerprint density at radius 1 is 1.11 bits per heavy atom. The van der Waals surface area contributed by atoms with Gasteiger partial charge in [0.2, 0.25) is 5.89 Å². The summed E-state index contributed by atoms with van der Waals surface area (Å²) in [6, 6.07) is 15.4. The van der Waals surface area contributed by atoms with Crippen LogP contribution >= 0.6 is 0 Å². The van der Waals surface area contributed by atoms with Crippen molar-refractivity contribution in [1.82, 2.24) is 10.1 Å². The van der Waals surface area contributed by atoms with Gasteiger partial charge in [0, 0.05) is 12.7 Å². The van der Waals surface area contributed by atoms with Crippen molar-refractivity contribution in [3.05, 3.63) is 71.4 Å². The Kier molecular flexibility index (Phi) is 4.71. The van der Waals surface area contributed by atoms with E-state index >= 15 is 0 Å². The highest BCUT2D eigenvalue weighted by atomic mass is 32.2. The number of rotatable bonds is 7. The first-order chi connectivity index (χ1) is 13.4. The molecule has 0 spiro atoms. The van der Waals surface area contributed by atoms with Gasteiger partial charge in [0.15, 0.2) is 15.7 Å². The summed E-state index contributed by atoms with van der Waals surface area (Å²) in [6.07, 6.45) is 4.59. The number of nitrogens with zero attached hydrogens (tertiary/aromatic N) is 2. The molecule has 0 saturated heterocycles. The van der Waals surface area contributed by atoms with Gasteiger partial charge in [-0.05, 0) is 42.5 Å². The highest BCUT2D eigenvalue weighted by molar-refractivity contribution is 7.90. The summed E-state index contributed by atoms with van der Waals surface area (Å²) in [7, 11) is -1.89. The number of hydrogen-bond acceptors (Lipinski definition) is 6. The molecule has 1 fully saturated rings. The van der Waals surface area contributed by atoms with Gasteiger partial charge in [-0.3, -0.25) is 0 Å². The summed E-state index contributed by atoms with van der Waals surface area (Å²) in [6.45, 7) is 0. The van der Waals surface area contributed by atoms with Gasteiger partial charge in [0.1, 0.15) is 10.6 Å². The molecule has 28 heavy (non-hydrogen) atoms. The Labute approximate surface area is 164 Å². The lowest BCUT2D eigenvalue weighted by atomic mass is 9.96. The molecular formula is C21H22N2O4S. The predicted octanol–water partition coefficient (Wildman–Crippen LogP) is 3.35. The van der Waals surface area contributed by atoms with Crippen LogP contribution in [0.25, 0.3) is 0 Å². The minimum Gasteiger partial charge on any atom is -0.495 e. The molecule has 2 aromatic carbocycles. The van der Waals surface area contributed by atoms with Crippen molar-refractivity contribution < 1.29 is 17.7 Å². The number of ether oxygens (including phenoxy) is 1. The molecule has 0 atom stereocenters. The molecule has 0 N–H and O–H groups in total. The van der Waals surface area contributed by atoms with Crippen molar-refractivity contribution in [2.75, 3.05) is 13.4 Å². The molecular weight excluding hydrogens is 376 g/mol. The molecule has 1 aliphatic rings. The van der Waals surface area contributed by atoms with Crippen LogP contribution in [0.2, 0.25) is 0 Å². The van der Waals surface area contributed by atoms with Crippen molar-refractivity contribution in [1.29, 1.82) is 0 Å². The summed E-state index contributed by atoms with van der Waals surface area (Å²) in [4.78, 5) is 4.80. The third-order valence-electron chi connectivity index (χ3n) is 5.15. The Morgan fingerprint density at radius 3 is 2.50 bits per heavy atom. The quantitative estimate of drug-likeness (QED) is 0.607. The zero-order chi connectivity index (χ0) is 19.8. The summed E-state index contributed by atoms with van der Waals surface area (Å²) in [5.74, 6) is 1.60. The monoisotopic (exact) mass is 398 g/mol. The lowest BCUT2D eigenvalue weighted by Crippen LogP contribution is -2.11. The second-order valence-electron chi connectivity index (χ2n) is 7.39. The third kappa shape index (κ3) is 3.80. The fraction of sp³-hybridized carbons (Fsp3) is 0.333. The summed E-state index contributed by atoms with van der Waals surface area (Å²) >= 11 is 0. The van der Waals surface area contributed by atoms with Gasteiger partial charge in [-0.1, -0.05) is 41.6 Å². The van der Waals surface area contributed by atoms with Gasteiger partial charge in [0.05, 0.1) is 12.5 Å². The Balaban J connectivity index is 1.53. The fourth-order valence-corrected chi connectivity index (χ4v) is 4.28. The van der Waals surface area contributed by atoms with Crippen molar-refractivity contribution in [2.45, 2.75) is 36.0 Å². The molecule has 7 heteroatoms. The number of benzene rings is 2. The van der Waals surface area contributed by atoms with Crippen LogP contribution in [0, 0.1) is 0 Å². The van der Waals surface area contributed by atoms with E-state index in [-0.39, 0.29) is 10.3 Å². The number of sulfone groups is 1. The van der Waals surface area contributed by atoms with Crippen LogP contribution in [0.4, 0.5) is 0 Å². The van der Waals surface area contributed by atoms with E-state index in [1.54, 1.807) is 18.2 Å². The van der Waals surface area contributed by atoms with E-state index in [4.69, 9.17) is 9.26 Å². The van der Waals surface area contributed by atoms with Gasteiger partial charge in [0.25, 0.3) is 0 Å². The Morgan fingerprint density at radius 2 is 1.86 bits per heavy atom. The summed E-state index contributed by atoms with van der Waals surface area (Å²) in [5, 5.41) is 4.14. The van der Waals surface area contributed by atoms with Crippen molar-refractivity contribution in [3.8, 4) is 5.75 Å². The number of hydrogen-bond donors (Lipinski definition) is 0. The molecule has 1 aliphatic carbocycles. The average Bonchev–Trinajstić information content (AvgIpc) is 3.29. The van der Waals surface area contributed by atoms with Crippen LogP contribution in [0.3, 0.4) is 0 Å². The first-order valence-corrected chi connectivity index (χ1v) is 11.0. The van der Waals surface area contributed by atoms with Gasteiger partial charge in [-0.2, -0.15) is 4.98 Å². The maximum absolute atomic E-state index is 11.8. The first-order valence-electron chi connectivity index (χ1n) is 9.14. The fourth-order valence-electron chi connectivity index (χ4n) is 3.46. The highest BCUT2D eigenvalue weighted by Gasteiger charge is 2.49. The molecule has 0 amide bonds. The van der Waals surface area contributed by atoms with Crippen LogP contribution in [-0.2, 0) is 28.1 Å². The van der Waals surface area contributed by atoms with Gasteiger partial charge < -0.3 is 9.26 Å². The summed E-state index contributed by atoms with van der Waals surface area (Å²) < 4.78 is 34.5. The molecule has 4 rings (SSSR count). The lowest BCUT2D eigenvalue weighted by Gasteiger charge is -2.09. The van der Waals surface area contributed by atoms with Crippen LogP contribution in [-0.4, -0.2) is 31.9 Å². The normalized spacial score (nSPS) is 15.4. The molecule has 1 heterocycles. The Bertz CT molecular complexity index is 1090. The molecule has 1 saturated carbocycles.